The molecular weight excluding hydrogens is 306 g/mol. The highest BCUT2D eigenvalue weighted by Crippen LogP contribution is 2.21. The lowest BCUT2D eigenvalue weighted by Gasteiger charge is -2.20. The molecule has 0 unspecified atom stereocenters. The van der Waals surface area contributed by atoms with E-state index in [-0.39, 0.29) is 24.7 Å². The second kappa shape index (κ2) is 7.37. The fourth-order valence-corrected chi connectivity index (χ4v) is 3.93. The van der Waals surface area contributed by atoms with Gasteiger partial charge in [-0.15, -0.1) is 4.13 Å². The molecule has 120 valence electrons. The average Bonchev–Trinajstić information content (AvgIpc) is 2.24. The summed E-state index contributed by atoms with van der Waals surface area (Å²) in [7, 11) is -7.64. The van der Waals surface area contributed by atoms with E-state index in [0.717, 1.165) is 6.26 Å². The number of unbranched alkanes of at least 4 members (excludes halogenated alkanes) is 1. The normalized spacial score (nSPS) is 13.2. The smallest absolute Gasteiger partial charge is 0.311 e. The van der Waals surface area contributed by atoms with Gasteiger partial charge in [-0.1, -0.05) is 6.92 Å². The highest BCUT2D eigenvalue weighted by molar-refractivity contribution is 8.04. The van der Waals surface area contributed by atoms with Crippen molar-refractivity contribution in [1.82, 2.24) is 4.13 Å². The molecule has 20 heavy (non-hydrogen) atoms. The van der Waals surface area contributed by atoms with Gasteiger partial charge in [0.05, 0.1) is 24.0 Å². The summed E-state index contributed by atoms with van der Waals surface area (Å²) in [5, 5.41) is 0. The minimum atomic E-state index is -3.85. The maximum absolute atomic E-state index is 11.6. The van der Waals surface area contributed by atoms with Gasteiger partial charge in [0.2, 0.25) is 20.0 Å². The summed E-state index contributed by atoms with van der Waals surface area (Å²) < 4.78 is 50.9. The Morgan fingerprint density at radius 2 is 1.70 bits per heavy atom. The standard InChI is InChI=1S/C11H23NO6S2/c1-5-11(2,3)10(13)18-8-6-7-9-20(16,17)12-19(4,14)15/h12H,5-9H2,1-4H3. The largest absolute Gasteiger partial charge is 0.465 e. The minimum Gasteiger partial charge on any atom is -0.465 e. The molecule has 1 N–H and O–H groups in total. The Bertz CT molecular complexity index is 521. The molecule has 0 rings (SSSR count). The van der Waals surface area contributed by atoms with Crippen LogP contribution in [0.1, 0.15) is 40.0 Å². The van der Waals surface area contributed by atoms with Crippen molar-refractivity contribution in [2.75, 3.05) is 18.6 Å². The van der Waals surface area contributed by atoms with Gasteiger partial charge in [0.15, 0.2) is 0 Å². The zero-order valence-corrected chi connectivity index (χ0v) is 13.9. The van der Waals surface area contributed by atoms with Crippen LogP contribution in [-0.4, -0.2) is 41.4 Å². The van der Waals surface area contributed by atoms with E-state index in [1.165, 1.54) is 0 Å². The van der Waals surface area contributed by atoms with Gasteiger partial charge in [-0.3, -0.25) is 4.79 Å². The third-order valence-electron chi connectivity index (χ3n) is 2.76. The lowest BCUT2D eigenvalue weighted by Crippen LogP contribution is -2.31. The van der Waals surface area contributed by atoms with Crippen molar-refractivity contribution >= 4 is 26.0 Å². The summed E-state index contributed by atoms with van der Waals surface area (Å²) >= 11 is 0. The second-order valence-electron chi connectivity index (χ2n) is 5.25. The Kier molecular flexibility index (Phi) is 7.12. The number of nitrogens with one attached hydrogen (secondary N) is 1. The van der Waals surface area contributed by atoms with Crippen molar-refractivity contribution in [1.29, 1.82) is 0 Å². The van der Waals surface area contributed by atoms with E-state index >= 15 is 0 Å². The third-order valence-corrected chi connectivity index (χ3v) is 5.81. The lowest BCUT2D eigenvalue weighted by molar-refractivity contribution is -0.154. The number of carbonyl (C=O) groups excluding carboxylic acids is 1. The van der Waals surface area contributed by atoms with Crippen molar-refractivity contribution in [2.45, 2.75) is 40.0 Å². The van der Waals surface area contributed by atoms with E-state index in [1.54, 1.807) is 18.0 Å². The maximum atomic E-state index is 11.6. The fourth-order valence-electron chi connectivity index (χ4n) is 1.17. The zero-order valence-electron chi connectivity index (χ0n) is 12.3. The van der Waals surface area contributed by atoms with Crippen LogP contribution in [-0.2, 0) is 29.6 Å². The number of carbonyl (C=O) groups is 1. The number of hydrogen-bond donors (Lipinski definition) is 1. The van der Waals surface area contributed by atoms with Crippen LogP contribution in [0.2, 0.25) is 0 Å². The fraction of sp³-hybridized carbons (Fsp3) is 0.909. The first-order valence-corrected chi connectivity index (χ1v) is 9.82. The van der Waals surface area contributed by atoms with E-state index in [1.807, 2.05) is 6.92 Å². The Balaban J connectivity index is 4.03. The van der Waals surface area contributed by atoms with Crippen LogP contribution in [0, 0.1) is 5.41 Å². The Morgan fingerprint density at radius 3 is 2.15 bits per heavy atom. The molecule has 0 amide bonds. The first kappa shape index (κ1) is 19.3. The predicted molar refractivity (Wildman–Crippen MR) is 76.0 cm³/mol. The molecule has 0 saturated heterocycles. The first-order chi connectivity index (χ1) is 8.90. The summed E-state index contributed by atoms with van der Waals surface area (Å²) in [6.07, 6.45) is 2.00. The van der Waals surface area contributed by atoms with Crippen LogP contribution in [0.5, 0.6) is 0 Å². The summed E-state index contributed by atoms with van der Waals surface area (Å²) in [6.45, 7) is 5.55. The average molecular weight is 329 g/mol. The number of ether oxygens (including phenoxy) is 1. The number of esters is 1. The topological polar surface area (TPSA) is 107 Å². The SMILES string of the molecule is CCC(C)(C)C(=O)OCCCCS(=O)(=O)NS(C)(=O)=O. The van der Waals surface area contributed by atoms with E-state index in [2.05, 4.69) is 0 Å². The molecule has 0 aliphatic carbocycles. The minimum absolute atomic E-state index is 0.122. The summed E-state index contributed by atoms with van der Waals surface area (Å²) in [5.41, 5.74) is -0.552. The molecule has 9 heteroatoms. The molecule has 0 aliphatic rings. The molecule has 0 saturated carbocycles. The lowest BCUT2D eigenvalue weighted by atomic mass is 9.91. The van der Waals surface area contributed by atoms with E-state index in [9.17, 15) is 21.6 Å². The molecule has 0 radical (unpaired) electrons. The summed E-state index contributed by atoms with van der Waals surface area (Å²) in [4.78, 5) is 11.6. The summed E-state index contributed by atoms with van der Waals surface area (Å²) in [5.74, 6) is -0.647. The van der Waals surface area contributed by atoms with Gasteiger partial charge in [0, 0.05) is 0 Å². The van der Waals surface area contributed by atoms with Gasteiger partial charge in [0.1, 0.15) is 0 Å². The van der Waals surface area contributed by atoms with Gasteiger partial charge in [-0.25, -0.2) is 16.8 Å². The van der Waals surface area contributed by atoms with Crippen LogP contribution >= 0.6 is 0 Å². The van der Waals surface area contributed by atoms with Gasteiger partial charge in [-0.2, -0.15) is 0 Å². The van der Waals surface area contributed by atoms with Gasteiger partial charge < -0.3 is 4.74 Å². The molecule has 0 atom stereocenters. The van der Waals surface area contributed by atoms with Crippen LogP contribution in [0.3, 0.4) is 0 Å². The van der Waals surface area contributed by atoms with Crippen LogP contribution in [0.15, 0.2) is 0 Å². The zero-order chi connectivity index (χ0) is 16.0. The molecule has 0 heterocycles. The maximum Gasteiger partial charge on any atom is 0.311 e. The number of sulfonamides is 2. The first-order valence-electron chi connectivity index (χ1n) is 6.28. The molecular formula is C11H23NO6S2. The molecule has 0 spiro atoms. The van der Waals surface area contributed by atoms with Crippen molar-refractivity contribution in [2.24, 2.45) is 5.41 Å². The highest BCUT2D eigenvalue weighted by atomic mass is 32.3. The van der Waals surface area contributed by atoms with Gasteiger partial charge in [-0.05, 0) is 33.1 Å². The monoisotopic (exact) mass is 329 g/mol. The summed E-state index contributed by atoms with van der Waals surface area (Å²) in [6, 6.07) is 0. The third kappa shape index (κ3) is 8.49. The van der Waals surface area contributed by atoms with Crippen molar-refractivity contribution in [3.05, 3.63) is 0 Å². The van der Waals surface area contributed by atoms with Crippen LogP contribution in [0.25, 0.3) is 0 Å². The van der Waals surface area contributed by atoms with E-state index in [4.69, 9.17) is 4.74 Å². The number of hydrogen-bond acceptors (Lipinski definition) is 6. The molecule has 7 nitrogen and oxygen atoms in total. The Morgan fingerprint density at radius 1 is 1.15 bits per heavy atom. The quantitative estimate of drug-likeness (QED) is 0.491. The molecule has 0 aliphatic heterocycles. The van der Waals surface area contributed by atoms with E-state index < -0.39 is 25.5 Å². The molecule has 0 bridgehead atoms. The van der Waals surface area contributed by atoms with Crippen molar-refractivity contribution < 1.29 is 26.4 Å². The van der Waals surface area contributed by atoms with Gasteiger partial charge in [0.25, 0.3) is 0 Å². The van der Waals surface area contributed by atoms with Crippen LogP contribution < -0.4 is 4.13 Å². The highest BCUT2D eigenvalue weighted by Gasteiger charge is 2.26. The van der Waals surface area contributed by atoms with E-state index in [0.29, 0.717) is 12.8 Å². The number of rotatable bonds is 9. The second-order valence-corrected chi connectivity index (χ2v) is 9.10. The predicted octanol–water partition coefficient (Wildman–Crippen LogP) is 0.625. The molecule has 0 aromatic carbocycles. The van der Waals surface area contributed by atoms with Crippen LogP contribution in [0.4, 0.5) is 0 Å². The Labute approximate surface area is 121 Å². The molecule has 0 aromatic heterocycles. The molecule has 0 fully saturated rings. The van der Waals surface area contributed by atoms with Crippen molar-refractivity contribution in [3.63, 3.8) is 0 Å². The van der Waals surface area contributed by atoms with Crippen molar-refractivity contribution in [3.8, 4) is 0 Å². The Hall–Kier alpha value is -0.670. The van der Waals surface area contributed by atoms with Gasteiger partial charge >= 0.3 is 5.97 Å². The molecule has 0 aromatic rings.